The molecule has 1 N–H and O–H groups in total. The van der Waals surface area contributed by atoms with Crippen molar-refractivity contribution in [2.45, 2.75) is 38.1 Å². The van der Waals surface area contributed by atoms with Crippen LogP contribution in [0.15, 0.2) is 59.6 Å². The summed E-state index contributed by atoms with van der Waals surface area (Å²) < 4.78 is 0. The third kappa shape index (κ3) is 6.65. The molecular formula is C26H31N5O4. The quantitative estimate of drug-likeness (QED) is 0.284. The van der Waals surface area contributed by atoms with Crippen molar-refractivity contribution < 1.29 is 14.5 Å². The number of nitrogens with zero attached hydrogens (tertiary/aromatic N) is 4. The second kappa shape index (κ2) is 11.6. The third-order valence-electron chi connectivity index (χ3n) is 6.39. The number of hydrogen-bond acceptors (Lipinski definition) is 5. The number of amides is 2. The van der Waals surface area contributed by atoms with E-state index in [1.807, 2.05) is 54.6 Å². The topological polar surface area (TPSA) is 108 Å². The monoisotopic (exact) mass is 477 g/mol. The number of nitro groups is 1. The lowest BCUT2D eigenvalue weighted by Gasteiger charge is -2.25. The molecule has 0 unspecified atom stereocenters. The number of rotatable bonds is 7. The van der Waals surface area contributed by atoms with Crippen LogP contribution in [-0.4, -0.2) is 71.1 Å². The van der Waals surface area contributed by atoms with Crippen LogP contribution < -0.4 is 5.32 Å². The van der Waals surface area contributed by atoms with Gasteiger partial charge in [-0.2, -0.15) is 0 Å². The molecule has 0 bridgehead atoms. The molecule has 0 aromatic heterocycles. The Morgan fingerprint density at radius 3 is 2.46 bits per heavy atom. The first-order valence-corrected chi connectivity index (χ1v) is 12.2. The Hall–Kier alpha value is -3.75. The van der Waals surface area contributed by atoms with Gasteiger partial charge in [-0.1, -0.05) is 42.5 Å². The molecule has 2 aliphatic heterocycles. The Labute approximate surface area is 205 Å². The predicted octanol–water partition coefficient (Wildman–Crippen LogP) is 3.44. The second-order valence-corrected chi connectivity index (χ2v) is 9.00. The minimum Gasteiger partial charge on any atom is -0.341 e. The maximum Gasteiger partial charge on any atom is 0.260 e. The molecule has 2 aliphatic rings. The summed E-state index contributed by atoms with van der Waals surface area (Å²) in [6.07, 6.45) is 4.04. The van der Waals surface area contributed by atoms with E-state index in [-0.39, 0.29) is 24.2 Å². The van der Waals surface area contributed by atoms with Crippen molar-refractivity contribution in [2.24, 2.45) is 4.99 Å². The summed E-state index contributed by atoms with van der Waals surface area (Å²) in [7, 11) is 0. The van der Waals surface area contributed by atoms with E-state index in [2.05, 4.69) is 10.3 Å². The van der Waals surface area contributed by atoms with Gasteiger partial charge in [0.2, 0.25) is 11.8 Å². The van der Waals surface area contributed by atoms with Gasteiger partial charge in [0, 0.05) is 30.2 Å². The van der Waals surface area contributed by atoms with Crippen LogP contribution in [-0.2, 0) is 9.59 Å². The molecule has 4 rings (SSSR count). The van der Waals surface area contributed by atoms with Gasteiger partial charge in [-0.3, -0.25) is 24.7 Å². The van der Waals surface area contributed by atoms with Crippen molar-refractivity contribution in [3.63, 3.8) is 0 Å². The molecule has 1 atom stereocenters. The highest BCUT2D eigenvalue weighted by Gasteiger charge is 2.30. The minimum absolute atomic E-state index is 0.0400. The predicted molar refractivity (Wildman–Crippen MR) is 135 cm³/mol. The molecule has 2 amide bonds. The maximum atomic E-state index is 13.3. The zero-order chi connectivity index (χ0) is 24.6. The number of likely N-dealkylation sites (tertiary alicyclic amines) is 2. The lowest BCUT2D eigenvalue weighted by Crippen LogP contribution is -2.45. The first kappa shape index (κ1) is 24.4. The summed E-state index contributed by atoms with van der Waals surface area (Å²) in [6.45, 7) is 1.50. The van der Waals surface area contributed by atoms with E-state index in [1.165, 1.54) is 0 Å². The van der Waals surface area contributed by atoms with Gasteiger partial charge in [0.1, 0.15) is 6.04 Å². The highest BCUT2D eigenvalue weighted by atomic mass is 16.6. The second-order valence-electron chi connectivity index (χ2n) is 9.00. The molecule has 2 aromatic carbocycles. The van der Waals surface area contributed by atoms with Gasteiger partial charge in [-0.15, -0.1) is 0 Å². The van der Waals surface area contributed by atoms with E-state index < -0.39 is 17.5 Å². The Morgan fingerprint density at radius 2 is 1.71 bits per heavy atom. The zero-order valence-electron chi connectivity index (χ0n) is 19.8. The number of benzene rings is 2. The van der Waals surface area contributed by atoms with Gasteiger partial charge >= 0.3 is 0 Å². The number of amidine groups is 1. The molecule has 0 radical (unpaired) electrons. The molecule has 0 aliphatic carbocycles. The summed E-state index contributed by atoms with van der Waals surface area (Å²) in [6, 6.07) is 16.6. The molecule has 9 nitrogen and oxygen atoms in total. The fraction of sp³-hybridized carbons (Fsp3) is 0.423. The SMILES string of the molecule is O=C(CN1CCCC[C@H](N=C(C[N+](=O)[O-])Nc2cccc(-c3ccccc3)c2)C1=O)N1CCCC1. The van der Waals surface area contributed by atoms with Crippen LogP contribution in [0.2, 0.25) is 0 Å². The maximum absolute atomic E-state index is 13.3. The van der Waals surface area contributed by atoms with Gasteiger partial charge in [0.05, 0.1) is 6.54 Å². The molecule has 2 saturated heterocycles. The van der Waals surface area contributed by atoms with Crippen LogP contribution in [0, 0.1) is 10.1 Å². The Bertz CT molecular complexity index is 1080. The van der Waals surface area contributed by atoms with Crippen molar-refractivity contribution in [1.82, 2.24) is 9.80 Å². The van der Waals surface area contributed by atoms with Crippen LogP contribution in [0.3, 0.4) is 0 Å². The molecule has 9 heteroatoms. The van der Waals surface area contributed by atoms with Crippen LogP contribution in [0.5, 0.6) is 0 Å². The van der Waals surface area contributed by atoms with Gasteiger partial charge < -0.3 is 15.1 Å². The normalized spacial score (nSPS) is 18.9. The fourth-order valence-corrected chi connectivity index (χ4v) is 4.59. The van der Waals surface area contributed by atoms with E-state index in [9.17, 15) is 19.7 Å². The standard InChI is InChI=1S/C26H31N5O4/c32-25(29-14-6-7-15-29)19-30-16-5-4-13-23(26(30)33)28-24(18-31(34)35)27-22-12-8-11-21(17-22)20-9-2-1-3-10-20/h1-3,8-12,17,23H,4-7,13-16,18-19H2,(H,27,28)/t23-/m0/s1. The van der Waals surface area contributed by atoms with Crippen LogP contribution >= 0.6 is 0 Å². The Morgan fingerprint density at radius 1 is 1.00 bits per heavy atom. The zero-order valence-corrected chi connectivity index (χ0v) is 19.8. The van der Waals surface area contributed by atoms with Gasteiger partial charge in [0.15, 0.2) is 5.84 Å². The summed E-state index contributed by atoms with van der Waals surface area (Å²) in [4.78, 5) is 44.7. The number of anilines is 1. The summed E-state index contributed by atoms with van der Waals surface area (Å²) >= 11 is 0. The van der Waals surface area contributed by atoms with E-state index in [1.54, 1.807) is 9.80 Å². The van der Waals surface area contributed by atoms with Crippen LogP contribution in [0.4, 0.5) is 5.69 Å². The lowest BCUT2D eigenvalue weighted by molar-refractivity contribution is -0.463. The van der Waals surface area contributed by atoms with E-state index in [0.29, 0.717) is 18.7 Å². The average Bonchev–Trinajstić information content (AvgIpc) is 3.35. The number of carbonyl (C=O) groups is 2. The van der Waals surface area contributed by atoms with Crippen molar-refractivity contribution in [2.75, 3.05) is 38.0 Å². The number of hydrogen-bond donors (Lipinski definition) is 1. The van der Waals surface area contributed by atoms with E-state index in [4.69, 9.17) is 0 Å². The largest absolute Gasteiger partial charge is 0.341 e. The fourth-order valence-electron chi connectivity index (χ4n) is 4.59. The highest BCUT2D eigenvalue weighted by molar-refractivity contribution is 5.99. The lowest BCUT2D eigenvalue weighted by atomic mass is 10.1. The molecule has 2 fully saturated rings. The number of nitrogens with one attached hydrogen (secondary N) is 1. The molecular weight excluding hydrogens is 446 g/mol. The number of carbonyl (C=O) groups excluding carboxylic acids is 2. The average molecular weight is 478 g/mol. The highest BCUT2D eigenvalue weighted by Crippen LogP contribution is 2.23. The molecule has 0 saturated carbocycles. The smallest absolute Gasteiger partial charge is 0.260 e. The van der Waals surface area contributed by atoms with Crippen molar-refractivity contribution in [1.29, 1.82) is 0 Å². The van der Waals surface area contributed by atoms with Crippen LogP contribution in [0.25, 0.3) is 11.1 Å². The van der Waals surface area contributed by atoms with Crippen molar-refractivity contribution >= 4 is 23.3 Å². The third-order valence-corrected chi connectivity index (χ3v) is 6.39. The first-order chi connectivity index (χ1) is 17.0. The molecule has 35 heavy (non-hydrogen) atoms. The summed E-state index contributed by atoms with van der Waals surface area (Å²) in [5.74, 6) is -0.149. The number of aliphatic imine (C=N–C) groups is 1. The van der Waals surface area contributed by atoms with Crippen LogP contribution in [0.1, 0.15) is 32.1 Å². The van der Waals surface area contributed by atoms with E-state index in [0.717, 1.165) is 49.9 Å². The van der Waals surface area contributed by atoms with Crippen molar-refractivity contribution in [3.05, 3.63) is 64.7 Å². The van der Waals surface area contributed by atoms with Crippen molar-refractivity contribution in [3.8, 4) is 11.1 Å². The summed E-state index contributed by atoms with van der Waals surface area (Å²) in [5.41, 5.74) is 2.66. The molecule has 0 spiro atoms. The van der Waals surface area contributed by atoms with Gasteiger partial charge in [-0.05, 0) is 55.4 Å². The van der Waals surface area contributed by atoms with E-state index >= 15 is 0 Å². The van der Waals surface area contributed by atoms with Gasteiger partial charge in [-0.25, -0.2) is 0 Å². The molecule has 2 aromatic rings. The Balaban J connectivity index is 1.51. The molecule has 2 heterocycles. The first-order valence-electron chi connectivity index (χ1n) is 12.2. The van der Waals surface area contributed by atoms with Gasteiger partial charge in [0.25, 0.3) is 6.54 Å². The minimum atomic E-state index is -0.747. The Kier molecular flexibility index (Phi) is 8.07. The summed E-state index contributed by atoms with van der Waals surface area (Å²) in [5, 5.41) is 14.4. The molecule has 184 valence electrons.